The van der Waals surface area contributed by atoms with Gasteiger partial charge in [-0.05, 0) is 75.6 Å². The first-order valence-electron chi connectivity index (χ1n) is 13.3. The molecule has 1 saturated carbocycles. The van der Waals surface area contributed by atoms with Gasteiger partial charge < -0.3 is 14.5 Å². The molecule has 5 rings (SSSR count). The second-order valence-corrected chi connectivity index (χ2v) is 11.8. The third-order valence-corrected chi connectivity index (χ3v) is 9.35. The summed E-state index contributed by atoms with van der Waals surface area (Å²) in [5.41, 5.74) is 1.20. The smallest absolute Gasteiger partial charge is 0.222 e. The molecule has 1 aromatic carbocycles. The first-order valence-corrected chi connectivity index (χ1v) is 14.0. The van der Waals surface area contributed by atoms with Gasteiger partial charge in [-0.15, -0.1) is 0 Å². The van der Waals surface area contributed by atoms with Crippen molar-refractivity contribution in [1.29, 1.82) is 0 Å². The maximum Gasteiger partial charge on any atom is 0.222 e. The molecular weight excluding hydrogens is 469 g/mol. The average molecular weight is 509 g/mol. The summed E-state index contributed by atoms with van der Waals surface area (Å²) in [7, 11) is 0. The summed E-state index contributed by atoms with van der Waals surface area (Å²) in [5.74, 6) is 1.03. The predicted molar refractivity (Wildman–Crippen MR) is 138 cm³/mol. The molecule has 3 saturated heterocycles. The Morgan fingerprint density at radius 2 is 1.85 bits per heavy atom. The molecule has 0 bridgehead atoms. The lowest BCUT2D eigenvalue weighted by Crippen LogP contribution is -2.61. The number of carbonyl (C=O) groups is 1. The Kier molecular flexibility index (Phi) is 7.77. The molecule has 4 fully saturated rings. The molecule has 5 nitrogen and oxygen atoms in total. The van der Waals surface area contributed by atoms with E-state index in [-0.39, 0.29) is 5.41 Å². The van der Waals surface area contributed by atoms with Gasteiger partial charge in [-0.3, -0.25) is 9.69 Å². The van der Waals surface area contributed by atoms with Crippen molar-refractivity contribution in [2.45, 2.75) is 69.4 Å². The van der Waals surface area contributed by atoms with Crippen LogP contribution in [0.2, 0.25) is 10.0 Å². The van der Waals surface area contributed by atoms with E-state index >= 15 is 0 Å². The number of amides is 1. The van der Waals surface area contributed by atoms with Gasteiger partial charge in [-0.2, -0.15) is 0 Å². The Labute approximate surface area is 214 Å². The third kappa shape index (κ3) is 5.59. The van der Waals surface area contributed by atoms with E-state index in [1.54, 1.807) is 0 Å². The topological polar surface area (TPSA) is 36.0 Å². The van der Waals surface area contributed by atoms with E-state index < -0.39 is 0 Å². The zero-order valence-corrected chi connectivity index (χ0v) is 22.0. The van der Waals surface area contributed by atoms with E-state index in [0.29, 0.717) is 40.4 Å². The van der Waals surface area contributed by atoms with E-state index in [1.165, 1.54) is 18.4 Å². The van der Waals surface area contributed by atoms with Crippen LogP contribution in [0.4, 0.5) is 0 Å². The summed E-state index contributed by atoms with van der Waals surface area (Å²) in [6.07, 6.45) is 7.89. The Morgan fingerprint density at radius 1 is 1.09 bits per heavy atom. The van der Waals surface area contributed by atoms with Crippen molar-refractivity contribution >= 4 is 29.1 Å². The summed E-state index contributed by atoms with van der Waals surface area (Å²) < 4.78 is 5.82. The molecule has 0 radical (unpaired) electrons. The van der Waals surface area contributed by atoms with Crippen molar-refractivity contribution in [3.8, 4) is 0 Å². The molecule has 1 aliphatic carbocycles. The number of piperidine rings is 2. The van der Waals surface area contributed by atoms with Crippen LogP contribution in [-0.2, 0) is 14.9 Å². The van der Waals surface area contributed by atoms with Crippen molar-refractivity contribution < 1.29 is 9.53 Å². The maximum absolute atomic E-state index is 12.7. The minimum absolute atomic E-state index is 0.0437. The number of halogens is 2. The zero-order chi connectivity index (χ0) is 23.7. The minimum atomic E-state index is -0.0437. The summed E-state index contributed by atoms with van der Waals surface area (Å²) >= 11 is 12.7. The van der Waals surface area contributed by atoms with Crippen LogP contribution in [0.15, 0.2) is 18.2 Å². The van der Waals surface area contributed by atoms with Gasteiger partial charge in [0.15, 0.2) is 0 Å². The Balaban J connectivity index is 1.21. The maximum atomic E-state index is 12.7. The van der Waals surface area contributed by atoms with E-state index in [2.05, 4.69) is 33.8 Å². The van der Waals surface area contributed by atoms with Crippen LogP contribution in [0.3, 0.4) is 0 Å². The highest BCUT2D eigenvalue weighted by molar-refractivity contribution is 6.42. The number of ether oxygens (including phenoxy) is 1. The fourth-order valence-electron chi connectivity index (χ4n) is 6.20. The molecule has 1 unspecified atom stereocenters. The largest absolute Gasteiger partial charge is 0.378 e. The standard InChI is InChI=1S/C27H39Cl2N3O2/c1-2-34-23-8-12-31(13-9-23)22-17-30(18-22)14-11-27(21-5-6-24(28)25(29)15-21)10-7-26(33)32(19-27)16-20-3-4-20/h5-6,15,20,22-23H,2-4,7-14,16-19H2,1H3. The Hall–Kier alpha value is -0.850. The molecule has 3 aliphatic heterocycles. The van der Waals surface area contributed by atoms with Crippen molar-refractivity contribution in [2.75, 3.05) is 52.4 Å². The van der Waals surface area contributed by atoms with E-state index in [4.69, 9.17) is 27.9 Å². The van der Waals surface area contributed by atoms with Crippen molar-refractivity contribution in [3.05, 3.63) is 33.8 Å². The quantitative estimate of drug-likeness (QED) is 0.479. The first-order chi connectivity index (χ1) is 16.5. The van der Waals surface area contributed by atoms with Crippen LogP contribution in [0.5, 0.6) is 0 Å². The predicted octanol–water partition coefficient (Wildman–Crippen LogP) is 4.84. The zero-order valence-electron chi connectivity index (χ0n) is 20.5. The van der Waals surface area contributed by atoms with Crippen LogP contribution in [0, 0.1) is 5.92 Å². The van der Waals surface area contributed by atoms with E-state index in [1.807, 2.05) is 6.07 Å². The number of nitrogens with zero attached hydrogens (tertiary/aromatic N) is 3. The number of hydrogen-bond acceptors (Lipinski definition) is 4. The van der Waals surface area contributed by atoms with Crippen molar-refractivity contribution in [1.82, 2.24) is 14.7 Å². The molecule has 188 valence electrons. The molecule has 0 N–H and O–H groups in total. The molecule has 0 aromatic heterocycles. The van der Waals surface area contributed by atoms with Gasteiger partial charge in [0.25, 0.3) is 0 Å². The van der Waals surface area contributed by atoms with Gasteiger partial charge in [0.05, 0.1) is 16.1 Å². The van der Waals surface area contributed by atoms with Gasteiger partial charge in [-0.25, -0.2) is 0 Å². The van der Waals surface area contributed by atoms with Gasteiger partial charge >= 0.3 is 0 Å². The molecule has 4 aliphatic rings. The highest BCUT2D eigenvalue weighted by Gasteiger charge is 2.43. The number of rotatable bonds is 9. The van der Waals surface area contributed by atoms with Crippen molar-refractivity contribution in [2.24, 2.45) is 5.92 Å². The van der Waals surface area contributed by atoms with Gasteiger partial charge in [0.1, 0.15) is 0 Å². The Bertz CT molecular complexity index is 865. The number of benzene rings is 1. The minimum Gasteiger partial charge on any atom is -0.378 e. The molecule has 7 heteroatoms. The highest BCUT2D eigenvalue weighted by atomic mass is 35.5. The molecule has 1 atom stereocenters. The van der Waals surface area contributed by atoms with E-state index in [9.17, 15) is 4.79 Å². The summed E-state index contributed by atoms with van der Waals surface area (Å²) in [5, 5.41) is 1.21. The van der Waals surface area contributed by atoms with Crippen molar-refractivity contribution in [3.63, 3.8) is 0 Å². The highest BCUT2D eigenvalue weighted by Crippen LogP contribution is 2.42. The lowest BCUT2D eigenvalue weighted by molar-refractivity contribution is -0.136. The third-order valence-electron chi connectivity index (χ3n) is 8.61. The van der Waals surface area contributed by atoms with Crippen LogP contribution in [-0.4, -0.2) is 85.2 Å². The van der Waals surface area contributed by atoms with Gasteiger partial charge in [-0.1, -0.05) is 29.3 Å². The molecule has 34 heavy (non-hydrogen) atoms. The second-order valence-electron chi connectivity index (χ2n) is 11.0. The van der Waals surface area contributed by atoms with Crippen LogP contribution < -0.4 is 0 Å². The Morgan fingerprint density at radius 3 is 2.53 bits per heavy atom. The second kappa shape index (κ2) is 10.6. The SMILES string of the molecule is CCOC1CCN(C2CN(CCC3(c4ccc(Cl)c(Cl)c4)CCC(=O)N(CC4CC4)C3)C2)CC1. The number of carbonyl (C=O) groups excluding carboxylic acids is 1. The average Bonchev–Trinajstić information content (AvgIpc) is 3.62. The lowest BCUT2D eigenvalue weighted by atomic mass is 9.71. The molecule has 0 spiro atoms. The van der Waals surface area contributed by atoms with Crippen LogP contribution >= 0.6 is 23.2 Å². The fourth-order valence-corrected chi connectivity index (χ4v) is 6.50. The first kappa shape index (κ1) is 24.8. The van der Waals surface area contributed by atoms with Gasteiger partial charge in [0, 0.05) is 63.8 Å². The summed E-state index contributed by atoms with van der Waals surface area (Å²) in [4.78, 5) is 20.1. The fraction of sp³-hybridized carbons (Fsp3) is 0.741. The molecule has 1 aromatic rings. The number of likely N-dealkylation sites (tertiary alicyclic amines) is 3. The normalized spacial score (nSPS) is 27.9. The van der Waals surface area contributed by atoms with Crippen LogP contribution in [0.1, 0.15) is 57.4 Å². The molecule has 3 heterocycles. The number of hydrogen-bond donors (Lipinski definition) is 0. The molecular formula is C27H39Cl2N3O2. The monoisotopic (exact) mass is 507 g/mol. The van der Waals surface area contributed by atoms with Gasteiger partial charge in [0.2, 0.25) is 5.91 Å². The van der Waals surface area contributed by atoms with Crippen LogP contribution in [0.25, 0.3) is 0 Å². The van der Waals surface area contributed by atoms with E-state index in [0.717, 1.165) is 78.1 Å². The lowest BCUT2D eigenvalue weighted by Gasteiger charge is -2.49. The summed E-state index contributed by atoms with van der Waals surface area (Å²) in [6, 6.07) is 6.80. The summed E-state index contributed by atoms with van der Waals surface area (Å²) in [6.45, 7) is 10.3. The molecule has 1 amide bonds.